The zero-order valence-electron chi connectivity index (χ0n) is 10.8. The first-order chi connectivity index (χ1) is 8.22. The van der Waals surface area contributed by atoms with Gasteiger partial charge in [-0.1, -0.05) is 0 Å². The zero-order valence-corrected chi connectivity index (χ0v) is 10.8. The van der Waals surface area contributed by atoms with Gasteiger partial charge in [0.25, 0.3) is 0 Å². The van der Waals surface area contributed by atoms with Crippen LogP contribution in [0.3, 0.4) is 0 Å². The van der Waals surface area contributed by atoms with Gasteiger partial charge in [-0.25, -0.2) is 0 Å². The van der Waals surface area contributed by atoms with Crippen molar-refractivity contribution in [2.45, 2.75) is 51.2 Å². The Morgan fingerprint density at radius 1 is 1.35 bits per heavy atom. The molecule has 1 aromatic rings. The molecule has 1 unspecified atom stereocenters. The summed E-state index contributed by atoms with van der Waals surface area (Å²) in [6, 6.07) is 4.01. The second kappa shape index (κ2) is 4.33. The summed E-state index contributed by atoms with van der Waals surface area (Å²) in [7, 11) is 0. The van der Waals surface area contributed by atoms with E-state index in [2.05, 4.69) is 41.4 Å². The van der Waals surface area contributed by atoms with Crippen LogP contribution in [0.4, 0.5) is 5.82 Å². The molecule has 1 aliphatic carbocycles. The molecule has 2 heterocycles. The maximum atomic E-state index is 4.55. The summed E-state index contributed by atoms with van der Waals surface area (Å²) in [5.74, 6) is 1.03. The Morgan fingerprint density at radius 3 is 2.82 bits per heavy atom. The van der Waals surface area contributed by atoms with Crippen molar-refractivity contribution in [2.75, 3.05) is 18.4 Å². The lowest BCUT2D eigenvalue weighted by atomic mass is 10.2. The lowest BCUT2D eigenvalue weighted by Gasteiger charge is -2.15. The predicted octanol–water partition coefficient (Wildman–Crippen LogP) is 2.11. The fraction of sp³-hybridized carbons (Fsp3) is 0.769. The third-order valence-electron chi connectivity index (χ3n) is 3.77. The van der Waals surface area contributed by atoms with Crippen LogP contribution in [0.1, 0.15) is 39.2 Å². The van der Waals surface area contributed by atoms with Crippen LogP contribution in [0.25, 0.3) is 0 Å². The van der Waals surface area contributed by atoms with Crippen LogP contribution in [0.15, 0.2) is 12.3 Å². The molecule has 0 spiro atoms. The van der Waals surface area contributed by atoms with Crippen LogP contribution >= 0.6 is 0 Å². The van der Waals surface area contributed by atoms with Gasteiger partial charge in [-0.15, -0.1) is 0 Å². The Labute approximate surface area is 103 Å². The van der Waals surface area contributed by atoms with Crippen LogP contribution in [0, 0.1) is 0 Å². The molecule has 1 aliphatic heterocycles. The predicted molar refractivity (Wildman–Crippen MR) is 69.2 cm³/mol. The van der Waals surface area contributed by atoms with Gasteiger partial charge in [-0.05, 0) is 33.1 Å². The third-order valence-corrected chi connectivity index (χ3v) is 3.77. The highest BCUT2D eigenvalue weighted by atomic mass is 15.3. The number of rotatable bonds is 4. The summed E-state index contributed by atoms with van der Waals surface area (Å²) in [6.07, 6.45) is 6.13. The minimum absolute atomic E-state index is 0.442. The minimum Gasteiger partial charge on any atom is -0.365 e. The molecular formula is C13H22N4. The van der Waals surface area contributed by atoms with E-state index >= 15 is 0 Å². The van der Waals surface area contributed by atoms with E-state index in [1.54, 1.807) is 0 Å². The van der Waals surface area contributed by atoms with Gasteiger partial charge in [-0.2, -0.15) is 5.10 Å². The van der Waals surface area contributed by atoms with E-state index < -0.39 is 0 Å². The molecule has 4 nitrogen and oxygen atoms in total. The SMILES string of the molecule is CC(C)n1ccc(NC2CCN(C3CC3)C2)n1. The lowest BCUT2D eigenvalue weighted by molar-refractivity contribution is 0.326. The van der Waals surface area contributed by atoms with Crippen molar-refractivity contribution >= 4 is 5.82 Å². The van der Waals surface area contributed by atoms with E-state index in [0.29, 0.717) is 12.1 Å². The molecular weight excluding hydrogens is 212 g/mol. The maximum Gasteiger partial charge on any atom is 0.148 e. The van der Waals surface area contributed by atoms with Gasteiger partial charge >= 0.3 is 0 Å². The third kappa shape index (κ3) is 2.46. The molecule has 1 aromatic heterocycles. The molecule has 0 amide bonds. The lowest BCUT2D eigenvalue weighted by Crippen LogP contribution is -2.27. The molecule has 3 rings (SSSR count). The first-order valence-corrected chi connectivity index (χ1v) is 6.78. The zero-order chi connectivity index (χ0) is 11.8. The second-order valence-corrected chi connectivity index (χ2v) is 5.63. The fourth-order valence-electron chi connectivity index (χ4n) is 2.59. The average molecular weight is 234 g/mol. The molecule has 94 valence electrons. The van der Waals surface area contributed by atoms with Crippen molar-refractivity contribution in [3.05, 3.63) is 12.3 Å². The highest BCUT2D eigenvalue weighted by molar-refractivity contribution is 5.34. The fourth-order valence-corrected chi connectivity index (χ4v) is 2.59. The van der Waals surface area contributed by atoms with Gasteiger partial charge in [-0.3, -0.25) is 9.58 Å². The average Bonchev–Trinajstić information content (AvgIpc) is 2.87. The van der Waals surface area contributed by atoms with E-state index in [1.165, 1.54) is 32.4 Å². The van der Waals surface area contributed by atoms with E-state index in [1.807, 2.05) is 4.68 Å². The Balaban J connectivity index is 1.55. The summed E-state index contributed by atoms with van der Waals surface area (Å²) in [6.45, 7) is 6.76. The Bertz CT molecular complexity index is 381. The summed E-state index contributed by atoms with van der Waals surface area (Å²) in [5.41, 5.74) is 0. The number of aromatic nitrogens is 2. The van der Waals surface area contributed by atoms with Crippen LogP contribution in [-0.2, 0) is 0 Å². The molecule has 4 heteroatoms. The Morgan fingerprint density at radius 2 is 2.18 bits per heavy atom. The van der Waals surface area contributed by atoms with E-state index in [-0.39, 0.29) is 0 Å². The van der Waals surface area contributed by atoms with Gasteiger partial charge in [0.15, 0.2) is 0 Å². The topological polar surface area (TPSA) is 33.1 Å². The number of nitrogens with one attached hydrogen (secondary N) is 1. The summed E-state index contributed by atoms with van der Waals surface area (Å²) in [4.78, 5) is 2.62. The van der Waals surface area contributed by atoms with Crippen LogP contribution in [-0.4, -0.2) is 39.9 Å². The number of hydrogen-bond donors (Lipinski definition) is 1. The first kappa shape index (κ1) is 11.1. The number of hydrogen-bond acceptors (Lipinski definition) is 3. The molecule has 0 bridgehead atoms. The van der Waals surface area contributed by atoms with Crippen LogP contribution < -0.4 is 5.32 Å². The molecule has 1 atom stereocenters. The van der Waals surface area contributed by atoms with Crippen molar-refractivity contribution in [3.8, 4) is 0 Å². The summed E-state index contributed by atoms with van der Waals surface area (Å²) in [5, 5.41) is 8.10. The van der Waals surface area contributed by atoms with Gasteiger partial charge in [0.2, 0.25) is 0 Å². The molecule has 2 aliphatic rings. The van der Waals surface area contributed by atoms with Gasteiger partial charge < -0.3 is 5.32 Å². The number of anilines is 1. The van der Waals surface area contributed by atoms with Crippen LogP contribution in [0.2, 0.25) is 0 Å². The maximum absolute atomic E-state index is 4.55. The van der Waals surface area contributed by atoms with Gasteiger partial charge in [0, 0.05) is 43.5 Å². The minimum atomic E-state index is 0.442. The normalized spacial score (nSPS) is 25.7. The number of nitrogens with zero attached hydrogens (tertiary/aromatic N) is 3. The van der Waals surface area contributed by atoms with E-state index in [0.717, 1.165) is 11.9 Å². The van der Waals surface area contributed by atoms with Crippen LogP contribution in [0.5, 0.6) is 0 Å². The monoisotopic (exact) mass is 234 g/mol. The molecule has 0 radical (unpaired) electrons. The number of likely N-dealkylation sites (tertiary alicyclic amines) is 1. The van der Waals surface area contributed by atoms with Crippen molar-refractivity contribution < 1.29 is 0 Å². The van der Waals surface area contributed by atoms with Crippen molar-refractivity contribution in [1.29, 1.82) is 0 Å². The van der Waals surface area contributed by atoms with E-state index in [4.69, 9.17) is 0 Å². The summed E-state index contributed by atoms with van der Waals surface area (Å²) < 4.78 is 2.01. The Kier molecular flexibility index (Phi) is 2.82. The molecule has 1 saturated heterocycles. The highest BCUT2D eigenvalue weighted by Gasteiger charge is 2.34. The van der Waals surface area contributed by atoms with Crippen molar-refractivity contribution in [2.24, 2.45) is 0 Å². The standard InChI is InChI=1S/C13H22N4/c1-10(2)17-8-6-13(15-17)14-11-5-7-16(9-11)12-3-4-12/h6,8,10-12H,3-5,7,9H2,1-2H3,(H,14,15). The second-order valence-electron chi connectivity index (χ2n) is 5.63. The summed E-state index contributed by atoms with van der Waals surface area (Å²) >= 11 is 0. The largest absolute Gasteiger partial charge is 0.365 e. The van der Waals surface area contributed by atoms with Gasteiger partial charge in [0.05, 0.1) is 0 Å². The highest BCUT2D eigenvalue weighted by Crippen LogP contribution is 2.30. The molecule has 2 fully saturated rings. The molecule has 1 N–H and O–H groups in total. The molecule has 0 aromatic carbocycles. The van der Waals surface area contributed by atoms with Crippen molar-refractivity contribution in [3.63, 3.8) is 0 Å². The molecule has 17 heavy (non-hydrogen) atoms. The quantitative estimate of drug-likeness (QED) is 0.866. The van der Waals surface area contributed by atoms with Crippen molar-refractivity contribution in [1.82, 2.24) is 14.7 Å². The van der Waals surface area contributed by atoms with E-state index in [9.17, 15) is 0 Å². The Hall–Kier alpha value is -1.03. The smallest absolute Gasteiger partial charge is 0.148 e. The molecule has 1 saturated carbocycles. The van der Waals surface area contributed by atoms with Gasteiger partial charge in [0.1, 0.15) is 5.82 Å². The first-order valence-electron chi connectivity index (χ1n) is 6.78.